The first-order valence-electron chi connectivity index (χ1n) is 12.7. The van der Waals surface area contributed by atoms with Crippen molar-refractivity contribution in [1.82, 2.24) is 9.97 Å². The minimum Gasteiger partial charge on any atom is -0.494 e. The van der Waals surface area contributed by atoms with Crippen molar-refractivity contribution in [1.29, 1.82) is 0 Å². The van der Waals surface area contributed by atoms with Gasteiger partial charge in [-0.1, -0.05) is 57.2 Å². The zero-order valence-corrected chi connectivity index (χ0v) is 20.6. The number of unbranched alkanes of at least 4 members (excludes halogenated alkanes) is 2. The van der Waals surface area contributed by atoms with Crippen LogP contribution in [-0.2, 0) is 6.18 Å². The van der Waals surface area contributed by atoms with Gasteiger partial charge in [-0.3, -0.25) is 0 Å². The molecule has 0 spiro atoms. The molecule has 4 rings (SSSR count). The fourth-order valence-electron chi connectivity index (χ4n) is 4.56. The Morgan fingerprint density at radius 3 is 2.42 bits per heavy atom. The summed E-state index contributed by atoms with van der Waals surface area (Å²) >= 11 is 0. The lowest BCUT2D eigenvalue weighted by Crippen LogP contribution is -2.14. The van der Waals surface area contributed by atoms with E-state index in [0.717, 1.165) is 62.5 Å². The molecule has 0 saturated heterocycles. The number of anilines is 4. The molecule has 3 aromatic rings. The SMILES string of the molecule is CCCCCOc1ccc(Nc2ncc(C(F)(F)F)c(Nc3ccccc3C3CCCCC3)n2)cc1. The van der Waals surface area contributed by atoms with E-state index in [0.29, 0.717) is 23.9 Å². The lowest BCUT2D eigenvalue weighted by Gasteiger charge is -2.25. The lowest BCUT2D eigenvalue weighted by molar-refractivity contribution is -0.137. The number of aromatic nitrogens is 2. The van der Waals surface area contributed by atoms with Gasteiger partial charge in [0.25, 0.3) is 0 Å². The van der Waals surface area contributed by atoms with Gasteiger partial charge in [-0.2, -0.15) is 18.2 Å². The minimum absolute atomic E-state index is 0.0808. The van der Waals surface area contributed by atoms with Crippen molar-refractivity contribution in [3.05, 3.63) is 65.9 Å². The van der Waals surface area contributed by atoms with Gasteiger partial charge in [-0.05, 0) is 61.1 Å². The molecule has 5 nitrogen and oxygen atoms in total. The second-order valence-corrected chi connectivity index (χ2v) is 9.21. The molecule has 0 amide bonds. The van der Waals surface area contributed by atoms with E-state index in [2.05, 4.69) is 27.5 Å². The molecule has 0 radical (unpaired) electrons. The van der Waals surface area contributed by atoms with E-state index in [1.807, 2.05) is 36.4 Å². The molecule has 1 fully saturated rings. The van der Waals surface area contributed by atoms with Crippen molar-refractivity contribution in [3.8, 4) is 5.75 Å². The van der Waals surface area contributed by atoms with Gasteiger partial charge in [0.1, 0.15) is 17.1 Å². The summed E-state index contributed by atoms with van der Waals surface area (Å²) in [6, 6.07) is 14.8. The molecule has 0 aliphatic heterocycles. The molecule has 192 valence electrons. The second kappa shape index (κ2) is 12.1. The van der Waals surface area contributed by atoms with Crippen LogP contribution in [0.5, 0.6) is 5.75 Å². The molecule has 8 heteroatoms. The molecule has 0 bridgehead atoms. The number of rotatable bonds is 10. The zero-order valence-electron chi connectivity index (χ0n) is 20.6. The summed E-state index contributed by atoms with van der Waals surface area (Å²) < 4.78 is 47.1. The average Bonchev–Trinajstić information content (AvgIpc) is 2.88. The molecule has 2 N–H and O–H groups in total. The van der Waals surface area contributed by atoms with Gasteiger partial charge in [0, 0.05) is 17.6 Å². The Kier molecular flexibility index (Phi) is 8.67. The average molecular weight is 499 g/mol. The third-order valence-electron chi connectivity index (χ3n) is 6.48. The number of hydrogen-bond acceptors (Lipinski definition) is 5. The van der Waals surface area contributed by atoms with Crippen LogP contribution in [-0.4, -0.2) is 16.6 Å². The van der Waals surface area contributed by atoms with Crippen LogP contribution in [0.1, 0.15) is 75.3 Å². The second-order valence-electron chi connectivity index (χ2n) is 9.21. The van der Waals surface area contributed by atoms with E-state index in [1.165, 1.54) is 6.42 Å². The summed E-state index contributed by atoms with van der Waals surface area (Å²) in [4.78, 5) is 8.16. The van der Waals surface area contributed by atoms with E-state index >= 15 is 0 Å². The molecule has 1 aliphatic carbocycles. The van der Waals surface area contributed by atoms with Gasteiger partial charge < -0.3 is 15.4 Å². The van der Waals surface area contributed by atoms with Crippen LogP contribution in [0.2, 0.25) is 0 Å². The van der Waals surface area contributed by atoms with Crippen LogP contribution in [0.4, 0.5) is 36.3 Å². The Balaban J connectivity index is 1.53. The van der Waals surface area contributed by atoms with E-state index in [4.69, 9.17) is 4.74 Å². The molecular weight excluding hydrogens is 465 g/mol. The monoisotopic (exact) mass is 498 g/mol. The number of ether oxygens (including phenoxy) is 1. The highest BCUT2D eigenvalue weighted by Crippen LogP contribution is 2.40. The third-order valence-corrected chi connectivity index (χ3v) is 6.48. The summed E-state index contributed by atoms with van der Waals surface area (Å²) in [5.74, 6) is 0.891. The first-order chi connectivity index (χ1) is 17.4. The number of alkyl halides is 3. The first-order valence-corrected chi connectivity index (χ1v) is 12.7. The van der Waals surface area contributed by atoms with Gasteiger partial charge in [0.05, 0.1) is 6.61 Å². The summed E-state index contributed by atoms with van der Waals surface area (Å²) in [7, 11) is 0. The minimum atomic E-state index is -4.59. The Morgan fingerprint density at radius 1 is 0.944 bits per heavy atom. The Labute approximate surface area is 210 Å². The largest absolute Gasteiger partial charge is 0.494 e. The normalized spacial score (nSPS) is 14.4. The first kappa shape index (κ1) is 25.8. The predicted octanol–water partition coefficient (Wildman–Crippen LogP) is 8.60. The van der Waals surface area contributed by atoms with Gasteiger partial charge in [-0.25, -0.2) is 4.98 Å². The quantitative estimate of drug-likeness (QED) is 0.274. The maximum absolute atomic E-state index is 13.8. The lowest BCUT2D eigenvalue weighted by atomic mass is 9.83. The van der Waals surface area contributed by atoms with Crippen LogP contribution in [0, 0.1) is 0 Å². The summed E-state index contributed by atoms with van der Waals surface area (Å²) in [5.41, 5.74) is 1.45. The smallest absolute Gasteiger partial charge is 0.421 e. The Hall–Kier alpha value is -3.29. The number of hydrogen-bond donors (Lipinski definition) is 2. The number of benzene rings is 2. The van der Waals surface area contributed by atoms with Crippen molar-refractivity contribution in [3.63, 3.8) is 0 Å². The maximum atomic E-state index is 13.8. The van der Waals surface area contributed by atoms with Crippen molar-refractivity contribution in [2.75, 3.05) is 17.2 Å². The molecule has 1 aromatic heterocycles. The predicted molar refractivity (Wildman–Crippen MR) is 137 cm³/mol. The van der Waals surface area contributed by atoms with Gasteiger partial charge >= 0.3 is 6.18 Å². The van der Waals surface area contributed by atoms with E-state index in [1.54, 1.807) is 12.1 Å². The molecule has 0 atom stereocenters. The highest BCUT2D eigenvalue weighted by molar-refractivity contribution is 5.66. The molecule has 1 aliphatic rings. The van der Waals surface area contributed by atoms with Gasteiger partial charge in [-0.15, -0.1) is 0 Å². The zero-order chi connectivity index (χ0) is 25.4. The molecule has 1 saturated carbocycles. The van der Waals surface area contributed by atoms with E-state index in [-0.39, 0.29) is 11.8 Å². The highest BCUT2D eigenvalue weighted by Gasteiger charge is 2.35. The summed E-state index contributed by atoms with van der Waals surface area (Å²) in [6.45, 7) is 2.79. The maximum Gasteiger partial charge on any atom is 0.421 e. The summed E-state index contributed by atoms with van der Waals surface area (Å²) in [6.07, 6.45) is 5.04. The van der Waals surface area contributed by atoms with Crippen LogP contribution < -0.4 is 15.4 Å². The van der Waals surface area contributed by atoms with Crippen molar-refractivity contribution in [2.24, 2.45) is 0 Å². The standard InChI is InChI=1S/C28H33F3N4O/c1-2-3-9-18-36-22-16-14-21(15-17-22)33-27-32-19-24(28(29,30)31)26(35-27)34-25-13-8-7-12-23(25)20-10-5-4-6-11-20/h7-8,12-17,19-20H,2-6,9-11,18H2,1H3,(H2,32,33,34,35). The van der Waals surface area contributed by atoms with Crippen LogP contribution in [0.15, 0.2) is 54.7 Å². The Bertz CT molecular complexity index is 1110. The number of nitrogens with one attached hydrogen (secondary N) is 2. The topological polar surface area (TPSA) is 59.1 Å². The molecular formula is C28H33F3N4O. The van der Waals surface area contributed by atoms with Crippen LogP contribution in [0.25, 0.3) is 0 Å². The van der Waals surface area contributed by atoms with Gasteiger partial charge in [0.2, 0.25) is 5.95 Å². The molecule has 36 heavy (non-hydrogen) atoms. The van der Waals surface area contributed by atoms with Crippen LogP contribution >= 0.6 is 0 Å². The molecule has 2 aromatic carbocycles. The van der Waals surface area contributed by atoms with Crippen LogP contribution in [0.3, 0.4) is 0 Å². The van der Waals surface area contributed by atoms with E-state index < -0.39 is 11.7 Å². The third kappa shape index (κ3) is 6.89. The van der Waals surface area contributed by atoms with Gasteiger partial charge in [0.15, 0.2) is 0 Å². The fraction of sp³-hybridized carbons (Fsp3) is 0.429. The van der Waals surface area contributed by atoms with Crippen molar-refractivity contribution < 1.29 is 17.9 Å². The molecule has 1 heterocycles. The highest BCUT2D eigenvalue weighted by atomic mass is 19.4. The summed E-state index contributed by atoms with van der Waals surface area (Å²) in [5, 5.41) is 5.99. The van der Waals surface area contributed by atoms with E-state index in [9.17, 15) is 13.2 Å². The van der Waals surface area contributed by atoms with Crippen molar-refractivity contribution in [2.45, 2.75) is 70.4 Å². The number of halogens is 3. The number of nitrogens with zero attached hydrogens (tertiary/aromatic N) is 2. The fourth-order valence-corrected chi connectivity index (χ4v) is 4.56. The number of para-hydroxylation sites is 1. The van der Waals surface area contributed by atoms with Crippen molar-refractivity contribution >= 4 is 23.1 Å². The molecule has 0 unspecified atom stereocenters. The Morgan fingerprint density at radius 2 is 1.69 bits per heavy atom.